The van der Waals surface area contributed by atoms with Crippen LogP contribution in [-0.2, 0) is 22.1 Å². The fourth-order valence-corrected chi connectivity index (χ4v) is 5.21. The first-order chi connectivity index (χ1) is 15.9. The van der Waals surface area contributed by atoms with E-state index in [0.29, 0.717) is 12.5 Å². The van der Waals surface area contributed by atoms with E-state index in [9.17, 15) is 13.2 Å². The summed E-state index contributed by atoms with van der Waals surface area (Å²) in [7, 11) is -3.61. The molecule has 1 aliphatic rings. The molecule has 1 N–H and O–H groups in total. The summed E-state index contributed by atoms with van der Waals surface area (Å²) in [5.41, 5.74) is 2.59. The lowest BCUT2D eigenvalue weighted by Gasteiger charge is -2.32. The van der Waals surface area contributed by atoms with E-state index in [1.54, 1.807) is 18.2 Å². The van der Waals surface area contributed by atoms with Crippen molar-refractivity contribution in [2.75, 3.05) is 19.6 Å². The zero-order chi connectivity index (χ0) is 23.3. The molecule has 1 aromatic heterocycles. The largest absolute Gasteiger partial charge is 0.348 e. The van der Waals surface area contributed by atoms with Crippen molar-refractivity contribution in [1.82, 2.24) is 20.4 Å². The lowest BCUT2D eigenvalue weighted by molar-refractivity contribution is 0.0891. The number of carbonyl (C=O) groups is 1. The second-order valence-electron chi connectivity index (χ2n) is 8.51. The first kappa shape index (κ1) is 23.1. The summed E-state index contributed by atoms with van der Waals surface area (Å²) >= 11 is 0. The highest BCUT2D eigenvalue weighted by atomic mass is 32.2. The van der Waals surface area contributed by atoms with E-state index in [4.69, 9.17) is 4.52 Å². The SMILES string of the molecule is Cc1cccc(CN2CCC(CNC(=O)c3nc(CS(=O)(=O)c4ccccc4)no3)CC2)c1. The smallest absolute Gasteiger partial charge is 0.315 e. The second-order valence-corrected chi connectivity index (χ2v) is 10.5. The Labute approximate surface area is 193 Å². The summed E-state index contributed by atoms with van der Waals surface area (Å²) in [6, 6.07) is 16.6. The van der Waals surface area contributed by atoms with Crippen molar-refractivity contribution >= 4 is 15.7 Å². The number of rotatable bonds is 8. The van der Waals surface area contributed by atoms with Crippen LogP contribution in [0.5, 0.6) is 0 Å². The standard InChI is InChI=1S/C24H28N4O4S/c1-18-6-5-7-20(14-18)16-28-12-10-19(11-13-28)15-25-23(29)24-26-22(27-32-24)17-33(30,31)21-8-3-2-4-9-21/h2-9,14,19H,10-13,15-17H2,1H3,(H,25,29). The Bertz CT molecular complexity index is 1190. The molecule has 0 radical (unpaired) electrons. The van der Waals surface area contributed by atoms with Crippen molar-refractivity contribution in [1.29, 1.82) is 0 Å². The van der Waals surface area contributed by atoms with E-state index in [0.717, 1.165) is 32.5 Å². The minimum atomic E-state index is -3.61. The van der Waals surface area contributed by atoms with Crippen LogP contribution in [0.2, 0.25) is 0 Å². The van der Waals surface area contributed by atoms with Gasteiger partial charge in [-0.3, -0.25) is 9.69 Å². The number of nitrogens with zero attached hydrogens (tertiary/aromatic N) is 3. The van der Waals surface area contributed by atoms with E-state index in [-0.39, 0.29) is 16.6 Å². The first-order valence-electron chi connectivity index (χ1n) is 11.1. The molecule has 1 fully saturated rings. The van der Waals surface area contributed by atoms with Crippen molar-refractivity contribution in [3.8, 4) is 0 Å². The normalized spacial score (nSPS) is 15.4. The fourth-order valence-electron chi connectivity index (χ4n) is 4.02. The minimum Gasteiger partial charge on any atom is -0.348 e. The Morgan fingerprint density at radius 3 is 2.61 bits per heavy atom. The molecule has 1 aliphatic heterocycles. The van der Waals surface area contributed by atoms with E-state index >= 15 is 0 Å². The molecule has 0 unspecified atom stereocenters. The number of piperidine rings is 1. The van der Waals surface area contributed by atoms with Crippen molar-refractivity contribution < 1.29 is 17.7 Å². The molecule has 0 bridgehead atoms. The summed E-state index contributed by atoms with van der Waals surface area (Å²) in [5.74, 6) is -0.775. The summed E-state index contributed by atoms with van der Waals surface area (Å²) < 4.78 is 29.9. The molecule has 33 heavy (non-hydrogen) atoms. The average molecular weight is 469 g/mol. The Balaban J connectivity index is 1.23. The molecule has 8 nitrogen and oxygen atoms in total. The number of aryl methyl sites for hydroxylation is 1. The number of carbonyl (C=O) groups excluding carboxylic acids is 1. The molecule has 2 aromatic carbocycles. The number of amides is 1. The highest BCUT2D eigenvalue weighted by molar-refractivity contribution is 7.90. The molecule has 3 aromatic rings. The van der Waals surface area contributed by atoms with Gasteiger partial charge in [-0.05, 0) is 56.5 Å². The summed E-state index contributed by atoms with van der Waals surface area (Å²) in [6.45, 7) is 5.54. The third-order valence-electron chi connectivity index (χ3n) is 5.83. The molecule has 0 aliphatic carbocycles. The van der Waals surface area contributed by atoms with Gasteiger partial charge >= 0.3 is 11.8 Å². The first-order valence-corrected chi connectivity index (χ1v) is 12.7. The number of sulfone groups is 1. The Morgan fingerprint density at radius 2 is 1.88 bits per heavy atom. The van der Waals surface area contributed by atoms with Gasteiger partial charge in [0.2, 0.25) is 0 Å². The second kappa shape index (κ2) is 10.3. The van der Waals surface area contributed by atoms with Crippen molar-refractivity contribution in [3.63, 3.8) is 0 Å². The molecule has 1 saturated heterocycles. The number of nitrogens with one attached hydrogen (secondary N) is 1. The number of hydrogen-bond acceptors (Lipinski definition) is 7. The van der Waals surface area contributed by atoms with Gasteiger partial charge in [-0.2, -0.15) is 4.98 Å². The predicted octanol–water partition coefficient (Wildman–Crippen LogP) is 2.99. The molecule has 9 heteroatoms. The zero-order valence-electron chi connectivity index (χ0n) is 18.6. The summed E-state index contributed by atoms with van der Waals surface area (Å²) in [4.78, 5) is 19.0. The van der Waals surface area contributed by atoms with Gasteiger partial charge in [0, 0.05) is 13.1 Å². The van der Waals surface area contributed by atoms with Gasteiger partial charge in [0.15, 0.2) is 15.7 Å². The summed E-state index contributed by atoms with van der Waals surface area (Å²) in [6.07, 6.45) is 1.99. The van der Waals surface area contributed by atoms with Crippen LogP contribution in [-0.4, -0.2) is 49.0 Å². The molecule has 4 rings (SSSR count). The molecule has 0 saturated carbocycles. The average Bonchev–Trinajstić information content (AvgIpc) is 3.27. The van der Waals surface area contributed by atoms with Gasteiger partial charge in [-0.25, -0.2) is 8.42 Å². The number of hydrogen-bond donors (Lipinski definition) is 1. The predicted molar refractivity (Wildman–Crippen MR) is 123 cm³/mol. The van der Waals surface area contributed by atoms with E-state index in [1.165, 1.54) is 23.3 Å². The molecule has 0 atom stereocenters. The third kappa shape index (κ3) is 6.27. The molecule has 1 amide bonds. The van der Waals surface area contributed by atoms with Gasteiger partial charge in [-0.1, -0.05) is 53.2 Å². The van der Waals surface area contributed by atoms with Crippen LogP contribution in [0.25, 0.3) is 0 Å². The van der Waals surface area contributed by atoms with Gasteiger partial charge in [0.25, 0.3) is 0 Å². The maximum atomic E-state index is 12.4. The van der Waals surface area contributed by atoms with E-state index in [1.807, 2.05) is 0 Å². The van der Waals surface area contributed by atoms with Crippen LogP contribution < -0.4 is 5.32 Å². The van der Waals surface area contributed by atoms with Crippen molar-refractivity contribution in [3.05, 3.63) is 77.4 Å². The van der Waals surface area contributed by atoms with Crippen LogP contribution in [0, 0.1) is 12.8 Å². The summed E-state index contributed by atoms with van der Waals surface area (Å²) in [5, 5.41) is 6.51. The monoisotopic (exact) mass is 468 g/mol. The zero-order valence-corrected chi connectivity index (χ0v) is 19.4. The van der Waals surface area contributed by atoms with Crippen molar-refractivity contribution in [2.45, 2.75) is 37.0 Å². The minimum absolute atomic E-state index is 0.0338. The number of benzene rings is 2. The third-order valence-corrected chi connectivity index (χ3v) is 7.46. The van der Waals surface area contributed by atoms with E-state index in [2.05, 4.69) is 51.5 Å². The Hall–Kier alpha value is -3.04. The highest BCUT2D eigenvalue weighted by Gasteiger charge is 2.23. The van der Waals surface area contributed by atoms with Gasteiger partial charge in [0.1, 0.15) is 5.75 Å². The Kier molecular flexibility index (Phi) is 7.20. The highest BCUT2D eigenvalue weighted by Crippen LogP contribution is 2.19. The van der Waals surface area contributed by atoms with Crippen LogP contribution >= 0.6 is 0 Å². The van der Waals surface area contributed by atoms with Crippen LogP contribution in [0.1, 0.15) is 40.5 Å². The fraction of sp³-hybridized carbons (Fsp3) is 0.375. The van der Waals surface area contributed by atoms with Crippen LogP contribution in [0.3, 0.4) is 0 Å². The van der Waals surface area contributed by atoms with Gasteiger partial charge in [0.05, 0.1) is 4.90 Å². The van der Waals surface area contributed by atoms with Crippen molar-refractivity contribution in [2.24, 2.45) is 5.92 Å². The van der Waals surface area contributed by atoms with Gasteiger partial charge < -0.3 is 9.84 Å². The molecular formula is C24H28N4O4S. The van der Waals surface area contributed by atoms with Gasteiger partial charge in [-0.15, -0.1) is 0 Å². The van der Waals surface area contributed by atoms with Crippen LogP contribution in [0.4, 0.5) is 0 Å². The molecule has 2 heterocycles. The Morgan fingerprint density at radius 1 is 1.12 bits per heavy atom. The lowest BCUT2D eigenvalue weighted by Crippen LogP contribution is -2.38. The maximum absolute atomic E-state index is 12.4. The van der Waals surface area contributed by atoms with Crippen LogP contribution in [0.15, 0.2) is 64.0 Å². The van der Waals surface area contributed by atoms with E-state index < -0.39 is 21.5 Å². The molecule has 0 spiro atoms. The quantitative estimate of drug-likeness (QED) is 0.542. The maximum Gasteiger partial charge on any atom is 0.315 e. The lowest BCUT2D eigenvalue weighted by atomic mass is 9.96. The molecular weight excluding hydrogens is 440 g/mol. The topological polar surface area (TPSA) is 105 Å². The number of aromatic nitrogens is 2. The molecule has 174 valence electrons. The number of likely N-dealkylation sites (tertiary alicyclic amines) is 1.